The van der Waals surface area contributed by atoms with Crippen LogP contribution in [0.1, 0.15) is 0 Å². The van der Waals surface area contributed by atoms with Crippen molar-refractivity contribution in [3.63, 3.8) is 0 Å². The van der Waals surface area contributed by atoms with Crippen LogP contribution in [0.5, 0.6) is 0 Å². The van der Waals surface area contributed by atoms with E-state index in [0.29, 0.717) is 0 Å². The van der Waals surface area contributed by atoms with Crippen LogP contribution < -0.4 is 0 Å². The van der Waals surface area contributed by atoms with Gasteiger partial charge in [0.05, 0.1) is 0 Å². The molecule has 0 fully saturated rings. The molecule has 0 N–H and O–H groups in total. The summed E-state index contributed by atoms with van der Waals surface area (Å²) in [7, 11) is -6.11. The molecule has 0 aliphatic carbocycles. The molecule has 130 valence electrons. The van der Waals surface area contributed by atoms with Crippen LogP contribution in [0.3, 0.4) is 0 Å². The Kier molecular flexibility index (Phi) is 35.8. The molecular formula is As26. The monoisotopic (exact) mass is 1950 g/mol. The maximum absolute atomic E-state index is 3.39. The fourth-order valence-electron chi connectivity index (χ4n) is 1.07. The molecule has 26 heteroatoms. The van der Waals surface area contributed by atoms with Gasteiger partial charge in [-0.2, -0.15) is 0 Å². The first-order valence-electron chi connectivity index (χ1n) is 5.00. The SMILES string of the molecule is [As][As]([As])[As]([As]([As])[As])[As]([As]([As])[As])[As]([As]([As]([As])[As])[As]([As])[As])[As]([As]([As])[As])[As]([As])[As]. The van der Waals surface area contributed by atoms with Crippen LogP contribution in [-0.4, -0.2) is 308 Å². The van der Waals surface area contributed by atoms with Crippen LogP contribution in [0.15, 0.2) is 0 Å². The Morgan fingerprint density at radius 3 is 0.500 bits per heavy atom. The molecule has 0 amide bonds. The van der Waals surface area contributed by atoms with Crippen LogP contribution in [0.25, 0.3) is 0 Å². The van der Waals surface area contributed by atoms with Gasteiger partial charge in [-0.05, 0) is 0 Å². The first kappa shape index (κ1) is 40.5. The first-order valence-corrected chi connectivity index (χ1v) is 135. The van der Waals surface area contributed by atoms with E-state index in [4.69, 9.17) is 0 Å². The van der Waals surface area contributed by atoms with Crippen LogP contribution in [-0.2, 0) is 0 Å². The summed E-state index contributed by atoms with van der Waals surface area (Å²) in [6.45, 7) is 0. The number of rotatable bonds is 11. The van der Waals surface area contributed by atoms with Crippen molar-refractivity contribution in [2.45, 2.75) is 0 Å². The Balaban J connectivity index is 6.53. The van der Waals surface area contributed by atoms with Gasteiger partial charge in [0.1, 0.15) is 0 Å². The average Bonchev–Trinajstić information content (AvgIpc) is 2.40. The van der Waals surface area contributed by atoms with Gasteiger partial charge in [0.2, 0.25) is 0 Å². The molecule has 0 heterocycles. The Morgan fingerprint density at radius 2 is 0.346 bits per heavy atom. The van der Waals surface area contributed by atoms with Gasteiger partial charge in [0.15, 0.2) is 0 Å². The summed E-state index contributed by atoms with van der Waals surface area (Å²) in [6.07, 6.45) is 0. The van der Waals surface area contributed by atoms with Gasteiger partial charge in [-0.1, -0.05) is 0 Å². The molecule has 0 aromatic carbocycles. The van der Waals surface area contributed by atoms with Crippen molar-refractivity contribution in [2.24, 2.45) is 0 Å². The second-order valence-electron chi connectivity index (χ2n) is 3.22. The predicted molar refractivity (Wildman–Crippen MR) is 150 cm³/mol. The molecule has 26 heavy (non-hydrogen) atoms. The molecule has 0 spiro atoms. The molecule has 0 saturated carbocycles. The van der Waals surface area contributed by atoms with Gasteiger partial charge in [-0.25, -0.2) is 0 Å². The number of hydrogen-bond acceptors (Lipinski definition) is 0. The van der Waals surface area contributed by atoms with Crippen LogP contribution in [0.2, 0.25) is 0 Å². The molecule has 0 aromatic heterocycles. The summed E-state index contributed by atoms with van der Waals surface area (Å²) in [5.41, 5.74) is 0. The molecule has 0 rings (SSSR count). The van der Waals surface area contributed by atoms with E-state index >= 15 is 0 Å². The average molecular weight is 1950 g/mol. The minimum absolute atomic E-state index is 0.428. The summed E-state index contributed by atoms with van der Waals surface area (Å²) < 4.78 is 0. The Morgan fingerprint density at radius 1 is 0.192 bits per heavy atom. The molecular weight excluding hydrogens is 1950 g/mol. The van der Waals surface area contributed by atoms with Crippen molar-refractivity contribution < 1.29 is 0 Å². The van der Waals surface area contributed by atoms with Crippen molar-refractivity contribution in [1.29, 1.82) is 0 Å². The molecule has 0 saturated heterocycles. The quantitative estimate of drug-likeness (QED) is 0.181. The van der Waals surface area contributed by atoms with E-state index in [-0.39, 0.29) is 0 Å². The second kappa shape index (κ2) is 23.0. The van der Waals surface area contributed by atoms with Gasteiger partial charge < -0.3 is 0 Å². The van der Waals surface area contributed by atoms with Gasteiger partial charge in [0, 0.05) is 0 Å². The van der Waals surface area contributed by atoms with Gasteiger partial charge in [-0.15, -0.1) is 0 Å². The van der Waals surface area contributed by atoms with Crippen LogP contribution in [0, 0.1) is 0 Å². The number of hydrogen-bond donors (Lipinski definition) is 0. The van der Waals surface area contributed by atoms with E-state index < -0.39 is 101 Å². The summed E-state index contributed by atoms with van der Waals surface area (Å²) in [6, 6.07) is 0. The van der Waals surface area contributed by atoms with E-state index in [1.54, 1.807) is 0 Å². The molecule has 0 bridgehead atoms. The molecule has 0 aromatic rings. The van der Waals surface area contributed by atoms with E-state index in [0.717, 1.165) is 0 Å². The van der Waals surface area contributed by atoms with Crippen LogP contribution >= 0.6 is 0 Å². The van der Waals surface area contributed by atoms with Crippen molar-refractivity contribution in [1.82, 2.24) is 0 Å². The van der Waals surface area contributed by atoms with Gasteiger partial charge in [0.25, 0.3) is 0 Å². The maximum atomic E-state index is 3.39. The van der Waals surface area contributed by atoms with Crippen molar-refractivity contribution in [3.05, 3.63) is 0 Å². The van der Waals surface area contributed by atoms with Crippen molar-refractivity contribution in [2.75, 3.05) is 0 Å². The Bertz CT molecular complexity index is 314. The van der Waals surface area contributed by atoms with Crippen LogP contribution in [0.4, 0.5) is 0 Å². The summed E-state index contributed by atoms with van der Waals surface area (Å²) in [4.78, 5) is 0. The summed E-state index contributed by atoms with van der Waals surface area (Å²) in [5, 5.41) is 0. The van der Waals surface area contributed by atoms with Crippen molar-refractivity contribution in [3.8, 4) is 0 Å². The predicted octanol–water partition coefficient (Wildman–Crippen LogP) is -9.90. The molecule has 28 radical (unpaired) electrons. The van der Waals surface area contributed by atoms with E-state index in [9.17, 15) is 0 Å². The Labute approximate surface area is 296 Å². The van der Waals surface area contributed by atoms with Gasteiger partial charge >= 0.3 is 308 Å². The third kappa shape index (κ3) is 15.8. The first-order chi connectivity index (χ1) is 11.7. The molecule has 1 unspecified atom stereocenters. The second-order valence-corrected chi connectivity index (χ2v) is 452. The Hall–Kier alpha value is 14.5. The third-order valence-corrected chi connectivity index (χ3v) is 1280. The van der Waals surface area contributed by atoms with E-state index in [2.05, 4.69) is 207 Å². The molecule has 1 atom stereocenters. The zero-order valence-corrected chi connectivity index (χ0v) is 60.4. The van der Waals surface area contributed by atoms with Gasteiger partial charge in [-0.3, -0.25) is 0 Å². The standard InChI is InChI=1S/As26/c1-15(2)22(16(3)4)25(21(13)14)26(23(17(5)6)18(7)8)24(19(9)10)20(11)12. The molecule has 0 nitrogen and oxygen atoms in total. The third-order valence-electron chi connectivity index (χ3n) is 1.76. The molecule has 0 aliphatic heterocycles. The molecule has 0 aliphatic rings. The fourth-order valence-corrected chi connectivity index (χ4v) is 4070. The summed E-state index contributed by atoms with van der Waals surface area (Å²) >= 11 is 46.6. The minimum atomic E-state index is -0.573. The van der Waals surface area contributed by atoms with E-state index in [1.807, 2.05) is 0 Å². The van der Waals surface area contributed by atoms with E-state index in [1.165, 1.54) is 0 Å². The van der Waals surface area contributed by atoms with Crippen molar-refractivity contribution >= 4 is 308 Å². The summed E-state index contributed by atoms with van der Waals surface area (Å²) in [5.74, 6) is 0. The fraction of sp³-hybridized carbons (Fsp3) is 0. The normalized spacial score (nSPS) is 15.1. The topological polar surface area (TPSA) is 0 Å². The zero-order valence-electron chi connectivity index (χ0n) is 11.6. The zero-order chi connectivity index (χ0) is 20.9.